The fourth-order valence-corrected chi connectivity index (χ4v) is 5.51. The Balaban J connectivity index is 0.000000652. The highest BCUT2D eigenvalue weighted by atomic mass is 32.1. The molecule has 0 aliphatic heterocycles. The molecule has 0 spiro atoms. The van der Waals surface area contributed by atoms with Crippen LogP contribution in [0.1, 0.15) is 25.3 Å². The number of unbranched alkanes of at least 4 members (excludes halogenated alkanes) is 1. The Kier molecular flexibility index (Phi) is 9.20. The van der Waals surface area contributed by atoms with Gasteiger partial charge in [-0.2, -0.15) is 14.6 Å². The second-order valence-corrected chi connectivity index (χ2v) is 11.5. The number of thiazole rings is 1. The molecule has 42 heavy (non-hydrogen) atoms. The minimum absolute atomic E-state index is 0.187. The SMILES string of the molecule is CCCCOc1ccc(-c2nn(-c3ccccc3)cc2/C=c2/sc3nc(-c4cccs4)nn3c2=O)cc1.CN(C)C=O. The highest BCUT2D eigenvalue weighted by molar-refractivity contribution is 7.15. The molecule has 11 heteroatoms. The molecule has 6 aromatic rings. The van der Waals surface area contributed by atoms with Crippen molar-refractivity contribution in [2.45, 2.75) is 19.8 Å². The number of hydrogen-bond acceptors (Lipinski definition) is 8. The summed E-state index contributed by atoms with van der Waals surface area (Å²) in [6.07, 6.45) is 6.69. The van der Waals surface area contributed by atoms with Gasteiger partial charge in [0.2, 0.25) is 11.4 Å². The van der Waals surface area contributed by atoms with E-state index in [1.54, 1.807) is 25.4 Å². The number of thiophene rings is 1. The smallest absolute Gasteiger partial charge is 0.291 e. The molecule has 0 saturated carbocycles. The fourth-order valence-electron chi connectivity index (χ4n) is 3.96. The lowest BCUT2D eigenvalue weighted by Gasteiger charge is -2.06. The van der Waals surface area contributed by atoms with Crippen molar-refractivity contribution in [3.05, 3.63) is 98.8 Å². The van der Waals surface area contributed by atoms with Gasteiger partial charge < -0.3 is 9.64 Å². The van der Waals surface area contributed by atoms with Crippen LogP contribution in [0.5, 0.6) is 5.75 Å². The molecule has 9 nitrogen and oxygen atoms in total. The number of fused-ring (bicyclic) bond motifs is 1. The van der Waals surface area contributed by atoms with Gasteiger partial charge in [0.1, 0.15) is 11.4 Å². The third-order valence-corrected chi connectivity index (χ3v) is 7.90. The standard InChI is InChI=1S/C28H23N5O2S2.C3H7NO/c1-2-3-15-35-22-13-11-19(12-14-22)25-20(18-32(30-25)21-8-5-4-6-9-21)17-24-27(34)33-28(37-24)29-26(31-33)23-10-7-16-36-23;1-4(2)3-5/h4-14,16-18H,2-3,15H2,1H3;3H,1-2H3/b24-17+;. The minimum Gasteiger partial charge on any atom is -0.494 e. The van der Waals surface area contributed by atoms with E-state index in [4.69, 9.17) is 9.84 Å². The van der Waals surface area contributed by atoms with E-state index in [1.165, 1.54) is 20.8 Å². The number of ether oxygens (including phenoxy) is 1. The summed E-state index contributed by atoms with van der Waals surface area (Å²) in [6.45, 7) is 2.84. The highest BCUT2D eigenvalue weighted by Gasteiger charge is 2.15. The van der Waals surface area contributed by atoms with Gasteiger partial charge in [0.25, 0.3) is 5.56 Å². The minimum atomic E-state index is -0.187. The zero-order chi connectivity index (χ0) is 29.5. The highest BCUT2D eigenvalue weighted by Crippen LogP contribution is 2.27. The predicted octanol–water partition coefficient (Wildman–Crippen LogP) is 5.16. The summed E-state index contributed by atoms with van der Waals surface area (Å²) in [4.78, 5) is 30.2. The maximum absolute atomic E-state index is 13.2. The first kappa shape index (κ1) is 28.9. The van der Waals surface area contributed by atoms with Crippen LogP contribution >= 0.6 is 22.7 Å². The van der Waals surface area contributed by atoms with E-state index in [0.717, 1.165) is 52.4 Å². The van der Waals surface area contributed by atoms with Crippen molar-refractivity contribution in [3.63, 3.8) is 0 Å². The monoisotopic (exact) mass is 598 g/mol. The topological polar surface area (TPSA) is 94.6 Å². The van der Waals surface area contributed by atoms with Crippen LogP contribution in [0.15, 0.2) is 83.1 Å². The number of amides is 1. The van der Waals surface area contributed by atoms with Crippen molar-refractivity contribution in [2.24, 2.45) is 0 Å². The quantitative estimate of drug-likeness (QED) is 0.169. The molecule has 0 atom stereocenters. The van der Waals surface area contributed by atoms with Crippen LogP contribution in [0.3, 0.4) is 0 Å². The van der Waals surface area contributed by atoms with Gasteiger partial charge in [0.15, 0.2) is 5.82 Å². The first-order chi connectivity index (χ1) is 20.5. The summed E-state index contributed by atoms with van der Waals surface area (Å²) in [5.74, 6) is 1.41. The first-order valence-electron chi connectivity index (χ1n) is 13.4. The Morgan fingerprint density at radius 1 is 1.00 bits per heavy atom. The van der Waals surface area contributed by atoms with E-state index in [-0.39, 0.29) is 5.56 Å². The number of aromatic nitrogens is 5. The number of rotatable bonds is 9. The number of nitrogens with zero attached hydrogens (tertiary/aromatic N) is 6. The second kappa shape index (κ2) is 13.4. The van der Waals surface area contributed by atoms with E-state index < -0.39 is 0 Å². The van der Waals surface area contributed by atoms with Crippen LogP contribution in [-0.2, 0) is 4.79 Å². The van der Waals surface area contributed by atoms with Gasteiger partial charge in [0.05, 0.1) is 21.7 Å². The van der Waals surface area contributed by atoms with Crippen molar-refractivity contribution < 1.29 is 9.53 Å². The summed E-state index contributed by atoms with van der Waals surface area (Å²) in [7, 11) is 3.38. The van der Waals surface area contributed by atoms with E-state index >= 15 is 0 Å². The summed E-state index contributed by atoms with van der Waals surface area (Å²) < 4.78 is 9.60. The molecule has 0 radical (unpaired) electrons. The molecule has 0 saturated heterocycles. The average Bonchev–Trinajstić information content (AvgIpc) is 3.81. The van der Waals surface area contributed by atoms with Gasteiger partial charge in [0, 0.05) is 31.4 Å². The van der Waals surface area contributed by atoms with Crippen molar-refractivity contribution in [1.82, 2.24) is 29.3 Å². The summed E-state index contributed by atoms with van der Waals surface area (Å²) in [6, 6.07) is 21.8. The molecular formula is C31H30N6O3S2. The van der Waals surface area contributed by atoms with E-state index in [1.807, 2.05) is 89.1 Å². The number of carbonyl (C=O) groups excluding carboxylic acids is 1. The van der Waals surface area contributed by atoms with Gasteiger partial charge in [-0.15, -0.1) is 16.4 Å². The largest absolute Gasteiger partial charge is 0.494 e. The number of carbonyl (C=O) groups is 1. The number of para-hydroxylation sites is 1. The molecule has 2 aromatic carbocycles. The fraction of sp³-hybridized carbons (Fsp3) is 0.194. The van der Waals surface area contributed by atoms with Crippen LogP contribution in [0, 0.1) is 0 Å². The van der Waals surface area contributed by atoms with Crippen molar-refractivity contribution >= 4 is 40.1 Å². The maximum atomic E-state index is 13.2. The third kappa shape index (κ3) is 6.64. The van der Waals surface area contributed by atoms with Gasteiger partial charge in [-0.1, -0.05) is 48.9 Å². The lowest BCUT2D eigenvalue weighted by Crippen LogP contribution is -2.23. The Hall–Kier alpha value is -4.61. The van der Waals surface area contributed by atoms with Gasteiger partial charge in [-0.05, 0) is 60.3 Å². The van der Waals surface area contributed by atoms with Crippen molar-refractivity contribution in [2.75, 3.05) is 20.7 Å². The maximum Gasteiger partial charge on any atom is 0.291 e. The summed E-state index contributed by atoms with van der Waals surface area (Å²) >= 11 is 2.88. The Labute approximate surface area is 251 Å². The van der Waals surface area contributed by atoms with Crippen LogP contribution in [-0.4, -0.2) is 56.4 Å². The molecule has 0 aliphatic rings. The average molecular weight is 599 g/mol. The van der Waals surface area contributed by atoms with Crippen molar-refractivity contribution in [3.8, 4) is 33.4 Å². The molecule has 0 N–H and O–H groups in total. The number of benzene rings is 2. The Bertz CT molecular complexity index is 1860. The van der Waals surface area contributed by atoms with E-state index in [2.05, 4.69) is 17.0 Å². The first-order valence-corrected chi connectivity index (χ1v) is 15.1. The third-order valence-electron chi connectivity index (χ3n) is 6.08. The molecule has 214 valence electrons. The van der Waals surface area contributed by atoms with Crippen LogP contribution in [0.25, 0.3) is 38.7 Å². The molecule has 4 aromatic heterocycles. The zero-order valence-corrected chi connectivity index (χ0v) is 25.1. The van der Waals surface area contributed by atoms with Crippen molar-refractivity contribution in [1.29, 1.82) is 0 Å². The Morgan fingerprint density at radius 2 is 1.76 bits per heavy atom. The second-order valence-electron chi connectivity index (χ2n) is 9.53. The van der Waals surface area contributed by atoms with Gasteiger partial charge in [-0.25, -0.2) is 4.68 Å². The van der Waals surface area contributed by atoms with Crippen LogP contribution in [0.4, 0.5) is 0 Å². The lowest BCUT2D eigenvalue weighted by molar-refractivity contribution is -0.115. The molecule has 4 heterocycles. The molecule has 0 fully saturated rings. The van der Waals surface area contributed by atoms with E-state index in [0.29, 0.717) is 21.9 Å². The van der Waals surface area contributed by atoms with Gasteiger partial charge in [-0.3, -0.25) is 9.59 Å². The molecule has 1 amide bonds. The Morgan fingerprint density at radius 3 is 2.40 bits per heavy atom. The molecule has 6 rings (SSSR count). The summed E-state index contributed by atoms with van der Waals surface area (Å²) in [5.41, 5.74) is 3.31. The molecule has 0 unspecified atom stereocenters. The molecule has 0 bridgehead atoms. The molecular weight excluding hydrogens is 569 g/mol. The van der Waals surface area contributed by atoms with Crippen LogP contribution < -0.4 is 14.8 Å². The van der Waals surface area contributed by atoms with Crippen LogP contribution in [0.2, 0.25) is 0 Å². The summed E-state index contributed by atoms with van der Waals surface area (Å²) in [5, 5.41) is 11.3. The predicted molar refractivity (Wildman–Crippen MR) is 168 cm³/mol. The molecule has 0 aliphatic carbocycles. The number of hydrogen-bond donors (Lipinski definition) is 0. The normalized spacial score (nSPS) is 11.4. The van der Waals surface area contributed by atoms with E-state index in [9.17, 15) is 9.59 Å². The van der Waals surface area contributed by atoms with Gasteiger partial charge >= 0.3 is 0 Å². The lowest BCUT2D eigenvalue weighted by atomic mass is 10.1. The zero-order valence-electron chi connectivity index (χ0n) is 23.5.